The minimum atomic E-state index is -0.0616. The molecule has 0 aliphatic carbocycles. The SMILES string of the molecule is CCCCCC(=O)OC(C)C.CCCCCC(=O)OC(C)C.OCCOCCOCCO. The van der Waals surface area contributed by atoms with Crippen LogP contribution in [-0.4, -0.2) is 74.0 Å². The lowest BCUT2D eigenvalue weighted by Crippen LogP contribution is -2.10. The van der Waals surface area contributed by atoms with Crippen molar-refractivity contribution in [1.29, 1.82) is 0 Å². The van der Waals surface area contributed by atoms with Crippen LogP contribution in [0.4, 0.5) is 0 Å². The summed E-state index contributed by atoms with van der Waals surface area (Å²) in [6.07, 6.45) is 7.67. The maximum Gasteiger partial charge on any atom is 0.306 e. The molecule has 0 aromatic heterocycles. The predicted molar refractivity (Wildman–Crippen MR) is 127 cm³/mol. The van der Waals surface area contributed by atoms with Crippen molar-refractivity contribution in [2.45, 2.75) is 105 Å². The van der Waals surface area contributed by atoms with Crippen LogP contribution in [0.5, 0.6) is 0 Å². The molecule has 0 bridgehead atoms. The van der Waals surface area contributed by atoms with E-state index < -0.39 is 0 Å². The van der Waals surface area contributed by atoms with E-state index in [4.69, 9.17) is 29.2 Å². The standard InChI is InChI=1S/2C9H18O2.C6H14O4/c2*1-4-5-6-7-9(10)11-8(2)3;7-1-3-9-5-6-10-4-2-8/h2*8H,4-7H2,1-3H3;7-8H,1-6H2. The van der Waals surface area contributed by atoms with Crippen LogP contribution < -0.4 is 0 Å². The molecule has 0 saturated carbocycles. The average molecular weight is 467 g/mol. The number of aliphatic hydroxyl groups excluding tert-OH is 2. The van der Waals surface area contributed by atoms with Gasteiger partial charge in [-0.05, 0) is 40.5 Å². The van der Waals surface area contributed by atoms with E-state index in [2.05, 4.69) is 13.8 Å². The third-order valence-corrected chi connectivity index (χ3v) is 3.55. The highest BCUT2D eigenvalue weighted by atomic mass is 16.5. The van der Waals surface area contributed by atoms with E-state index in [-0.39, 0.29) is 37.4 Å². The maximum absolute atomic E-state index is 10.9. The summed E-state index contributed by atoms with van der Waals surface area (Å²) in [5.74, 6) is -0.123. The molecule has 0 radical (unpaired) electrons. The summed E-state index contributed by atoms with van der Waals surface area (Å²) < 4.78 is 19.7. The molecule has 0 fully saturated rings. The summed E-state index contributed by atoms with van der Waals surface area (Å²) in [6, 6.07) is 0. The van der Waals surface area contributed by atoms with E-state index in [1.54, 1.807) is 0 Å². The van der Waals surface area contributed by atoms with Gasteiger partial charge in [0.2, 0.25) is 0 Å². The number of ether oxygens (including phenoxy) is 4. The molecular formula is C24H50O8. The number of carbonyl (C=O) groups is 2. The Bertz CT molecular complexity index is 350. The highest BCUT2D eigenvalue weighted by molar-refractivity contribution is 5.69. The highest BCUT2D eigenvalue weighted by Crippen LogP contribution is 2.02. The van der Waals surface area contributed by atoms with E-state index in [1.807, 2.05) is 27.7 Å². The quantitative estimate of drug-likeness (QED) is 0.244. The normalized spacial score (nSPS) is 10.2. The molecule has 0 amide bonds. The van der Waals surface area contributed by atoms with Gasteiger partial charge in [-0.3, -0.25) is 9.59 Å². The molecule has 0 aromatic carbocycles. The summed E-state index contributed by atoms with van der Waals surface area (Å²) in [6.45, 7) is 13.5. The first-order valence-electron chi connectivity index (χ1n) is 12.0. The first-order valence-corrected chi connectivity index (χ1v) is 12.0. The second kappa shape index (κ2) is 29.8. The molecule has 8 heteroatoms. The van der Waals surface area contributed by atoms with Crippen molar-refractivity contribution in [1.82, 2.24) is 0 Å². The van der Waals surface area contributed by atoms with Gasteiger partial charge in [-0.25, -0.2) is 0 Å². The summed E-state index contributed by atoms with van der Waals surface area (Å²) in [5.41, 5.74) is 0. The Kier molecular flexibility index (Phi) is 32.9. The van der Waals surface area contributed by atoms with Gasteiger partial charge in [0.25, 0.3) is 0 Å². The Balaban J connectivity index is -0.000000395. The van der Waals surface area contributed by atoms with Gasteiger partial charge in [0.05, 0.1) is 51.8 Å². The van der Waals surface area contributed by atoms with Gasteiger partial charge in [0.15, 0.2) is 0 Å². The zero-order valence-electron chi connectivity index (χ0n) is 21.4. The molecule has 0 unspecified atom stereocenters. The number of rotatable bonds is 17. The van der Waals surface area contributed by atoms with Crippen LogP contribution in [0, 0.1) is 0 Å². The third-order valence-electron chi connectivity index (χ3n) is 3.55. The smallest absolute Gasteiger partial charge is 0.306 e. The molecule has 0 heterocycles. The lowest BCUT2D eigenvalue weighted by molar-refractivity contribution is -0.148. The molecule has 8 nitrogen and oxygen atoms in total. The molecule has 2 N–H and O–H groups in total. The Labute approximate surface area is 196 Å². The highest BCUT2D eigenvalue weighted by Gasteiger charge is 2.04. The minimum Gasteiger partial charge on any atom is -0.463 e. The Morgan fingerprint density at radius 2 is 0.969 bits per heavy atom. The Morgan fingerprint density at radius 1 is 0.625 bits per heavy atom. The maximum atomic E-state index is 10.9. The number of aliphatic hydroxyl groups is 2. The van der Waals surface area contributed by atoms with Crippen LogP contribution in [-0.2, 0) is 28.5 Å². The second-order valence-corrected chi connectivity index (χ2v) is 7.66. The summed E-state index contributed by atoms with van der Waals surface area (Å²) in [4.78, 5) is 21.8. The van der Waals surface area contributed by atoms with Gasteiger partial charge in [-0.1, -0.05) is 39.5 Å². The van der Waals surface area contributed by atoms with Crippen molar-refractivity contribution in [3.05, 3.63) is 0 Å². The van der Waals surface area contributed by atoms with Crippen molar-refractivity contribution in [2.24, 2.45) is 0 Å². The fourth-order valence-corrected chi connectivity index (χ4v) is 2.13. The number of hydrogen-bond acceptors (Lipinski definition) is 8. The van der Waals surface area contributed by atoms with Gasteiger partial charge in [-0.2, -0.15) is 0 Å². The molecule has 0 aromatic rings. The topological polar surface area (TPSA) is 112 Å². The van der Waals surface area contributed by atoms with Crippen LogP contribution in [0.15, 0.2) is 0 Å². The first-order chi connectivity index (χ1) is 15.2. The summed E-state index contributed by atoms with van der Waals surface area (Å²) in [5, 5.41) is 16.5. The lowest BCUT2D eigenvalue weighted by atomic mass is 10.2. The van der Waals surface area contributed by atoms with Crippen LogP contribution in [0.25, 0.3) is 0 Å². The molecule has 0 spiro atoms. The summed E-state index contributed by atoms with van der Waals surface area (Å²) in [7, 11) is 0. The average Bonchev–Trinajstić information content (AvgIpc) is 2.71. The fraction of sp³-hybridized carbons (Fsp3) is 0.917. The van der Waals surface area contributed by atoms with E-state index >= 15 is 0 Å². The second-order valence-electron chi connectivity index (χ2n) is 7.66. The van der Waals surface area contributed by atoms with Crippen molar-refractivity contribution in [2.75, 3.05) is 39.6 Å². The van der Waals surface area contributed by atoms with Crippen LogP contribution >= 0.6 is 0 Å². The van der Waals surface area contributed by atoms with Crippen LogP contribution in [0.2, 0.25) is 0 Å². The van der Waals surface area contributed by atoms with E-state index in [9.17, 15) is 9.59 Å². The number of hydrogen-bond donors (Lipinski definition) is 2. The van der Waals surface area contributed by atoms with E-state index in [0.29, 0.717) is 39.3 Å². The monoisotopic (exact) mass is 466 g/mol. The molecule has 0 saturated heterocycles. The number of carbonyl (C=O) groups excluding carboxylic acids is 2. The van der Waals surface area contributed by atoms with Gasteiger partial charge in [-0.15, -0.1) is 0 Å². The van der Waals surface area contributed by atoms with Crippen molar-refractivity contribution < 1.29 is 38.7 Å². The Morgan fingerprint density at radius 3 is 1.22 bits per heavy atom. The zero-order chi connectivity index (χ0) is 25.0. The summed E-state index contributed by atoms with van der Waals surface area (Å²) >= 11 is 0. The minimum absolute atomic E-state index is 0.0316. The van der Waals surface area contributed by atoms with Crippen molar-refractivity contribution in [3.8, 4) is 0 Å². The lowest BCUT2D eigenvalue weighted by Gasteiger charge is -2.06. The van der Waals surface area contributed by atoms with Gasteiger partial charge in [0.1, 0.15) is 0 Å². The fourth-order valence-electron chi connectivity index (χ4n) is 2.13. The zero-order valence-corrected chi connectivity index (χ0v) is 21.4. The number of esters is 2. The molecule has 32 heavy (non-hydrogen) atoms. The van der Waals surface area contributed by atoms with Gasteiger partial charge < -0.3 is 29.2 Å². The molecule has 0 aliphatic rings. The first kappa shape index (κ1) is 35.4. The Hall–Kier alpha value is -1.22. The molecule has 194 valence electrons. The van der Waals surface area contributed by atoms with Crippen molar-refractivity contribution in [3.63, 3.8) is 0 Å². The molecule has 0 rings (SSSR count). The molecular weight excluding hydrogens is 416 g/mol. The predicted octanol–water partition coefficient (Wildman–Crippen LogP) is 4.04. The third kappa shape index (κ3) is 39.3. The van der Waals surface area contributed by atoms with E-state index in [1.165, 1.54) is 0 Å². The van der Waals surface area contributed by atoms with Gasteiger partial charge in [0, 0.05) is 12.8 Å². The molecule has 0 atom stereocenters. The van der Waals surface area contributed by atoms with Gasteiger partial charge >= 0.3 is 11.9 Å². The molecule has 0 aliphatic heterocycles. The number of unbranched alkanes of at least 4 members (excludes halogenated alkanes) is 4. The van der Waals surface area contributed by atoms with Crippen molar-refractivity contribution >= 4 is 11.9 Å². The van der Waals surface area contributed by atoms with Crippen LogP contribution in [0.1, 0.15) is 92.9 Å². The van der Waals surface area contributed by atoms with Crippen LogP contribution in [0.3, 0.4) is 0 Å². The largest absolute Gasteiger partial charge is 0.463 e. The van der Waals surface area contributed by atoms with E-state index in [0.717, 1.165) is 38.5 Å².